The van der Waals surface area contributed by atoms with Gasteiger partial charge in [-0.2, -0.15) is 0 Å². The molecule has 1 amide bonds. The Bertz CT molecular complexity index is 356. The fourth-order valence-electron chi connectivity index (χ4n) is 2.54. The molecule has 0 bridgehead atoms. The molecule has 0 aromatic carbocycles. The topological polar surface area (TPSA) is 74.0 Å². The summed E-state index contributed by atoms with van der Waals surface area (Å²) in [4.78, 5) is 20.4. The maximum atomic E-state index is 12.1. The third-order valence-electron chi connectivity index (χ3n) is 3.98. The fraction of sp³-hybridized carbons (Fsp3) is 0.867. The van der Waals surface area contributed by atoms with Gasteiger partial charge in [-0.05, 0) is 39.2 Å². The Labute approximate surface area is 128 Å². The van der Waals surface area contributed by atoms with Crippen LogP contribution in [0.3, 0.4) is 0 Å². The van der Waals surface area contributed by atoms with Crippen LogP contribution in [0.25, 0.3) is 0 Å². The summed E-state index contributed by atoms with van der Waals surface area (Å²) in [5.74, 6) is 0.737. The third kappa shape index (κ3) is 5.91. The Balaban J connectivity index is 2.31. The summed E-state index contributed by atoms with van der Waals surface area (Å²) >= 11 is 0. The van der Waals surface area contributed by atoms with E-state index in [-0.39, 0.29) is 11.9 Å². The molecule has 3 N–H and O–H groups in total. The number of rotatable bonds is 7. The average Bonchev–Trinajstić information content (AvgIpc) is 2.90. The molecule has 1 aliphatic heterocycles. The van der Waals surface area contributed by atoms with Gasteiger partial charge in [-0.3, -0.25) is 14.7 Å². The Morgan fingerprint density at radius 3 is 2.86 bits per heavy atom. The lowest BCUT2D eigenvalue weighted by Crippen LogP contribution is -2.43. The van der Waals surface area contributed by atoms with Gasteiger partial charge in [-0.25, -0.2) is 0 Å². The summed E-state index contributed by atoms with van der Waals surface area (Å²) in [6.45, 7) is 6.82. The van der Waals surface area contributed by atoms with Gasteiger partial charge in [0.25, 0.3) is 0 Å². The number of hydrogen-bond acceptors (Lipinski definition) is 3. The van der Waals surface area contributed by atoms with Crippen molar-refractivity contribution in [1.82, 2.24) is 15.1 Å². The Kier molecular flexibility index (Phi) is 7.50. The lowest BCUT2D eigenvalue weighted by Gasteiger charge is -2.25. The van der Waals surface area contributed by atoms with E-state index >= 15 is 0 Å². The standard InChI is InChI=1S/C15H31N5O/c1-5-12(2)18-15(16)17-9-7-11-20-10-6-8-13(20)14(21)19(3)4/h12-13H,5-11H2,1-4H3,(H3,16,17,18). The lowest BCUT2D eigenvalue weighted by molar-refractivity contribution is -0.133. The SMILES string of the molecule is CCC(C)NC(N)=NCCCN1CCCC1C(=O)N(C)C. The first-order valence-corrected chi connectivity index (χ1v) is 7.97. The van der Waals surface area contributed by atoms with Crippen LogP contribution in [-0.4, -0.2) is 67.5 Å². The highest BCUT2D eigenvalue weighted by Gasteiger charge is 2.30. The van der Waals surface area contributed by atoms with Gasteiger partial charge >= 0.3 is 0 Å². The van der Waals surface area contributed by atoms with E-state index in [0.29, 0.717) is 18.5 Å². The number of nitrogens with one attached hydrogen (secondary N) is 1. The monoisotopic (exact) mass is 297 g/mol. The van der Waals surface area contributed by atoms with Gasteiger partial charge in [0.2, 0.25) is 5.91 Å². The van der Waals surface area contributed by atoms with Crippen molar-refractivity contribution in [3.8, 4) is 0 Å². The number of likely N-dealkylation sites (N-methyl/N-ethyl adjacent to an activating group) is 1. The van der Waals surface area contributed by atoms with E-state index in [4.69, 9.17) is 5.73 Å². The molecule has 21 heavy (non-hydrogen) atoms. The first-order valence-electron chi connectivity index (χ1n) is 7.97. The zero-order valence-electron chi connectivity index (χ0n) is 13.9. The van der Waals surface area contributed by atoms with Crippen LogP contribution in [0.2, 0.25) is 0 Å². The predicted molar refractivity (Wildman–Crippen MR) is 87.3 cm³/mol. The van der Waals surface area contributed by atoms with E-state index < -0.39 is 0 Å². The molecule has 1 saturated heterocycles. The van der Waals surface area contributed by atoms with Crippen molar-refractivity contribution >= 4 is 11.9 Å². The predicted octanol–water partition coefficient (Wildman–Crippen LogP) is 0.632. The summed E-state index contributed by atoms with van der Waals surface area (Å²) in [7, 11) is 3.65. The normalized spacial score (nSPS) is 21.3. The summed E-state index contributed by atoms with van der Waals surface area (Å²) in [6.07, 6.45) is 4.03. The van der Waals surface area contributed by atoms with Gasteiger partial charge in [-0.15, -0.1) is 0 Å². The van der Waals surface area contributed by atoms with E-state index in [0.717, 1.165) is 38.8 Å². The Hall–Kier alpha value is -1.30. The van der Waals surface area contributed by atoms with Crippen molar-refractivity contribution in [3.63, 3.8) is 0 Å². The van der Waals surface area contributed by atoms with Gasteiger partial charge in [0, 0.05) is 33.2 Å². The fourth-order valence-corrected chi connectivity index (χ4v) is 2.54. The molecular formula is C15H31N5O. The van der Waals surface area contributed by atoms with Crippen LogP contribution in [0.1, 0.15) is 39.5 Å². The van der Waals surface area contributed by atoms with Crippen LogP contribution in [0.5, 0.6) is 0 Å². The van der Waals surface area contributed by atoms with Gasteiger partial charge < -0.3 is 16.0 Å². The van der Waals surface area contributed by atoms with Crippen LogP contribution in [-0.2, 0) is 4.79 Å². The van der Waals surface area contributed by atoms with Gasteiger partial charge in [0.15, 0.2) is 5.96 Å². The van der Waals surface area contributed by atoms with E-state index in [1.807, 2.05) is 14.1 Å². The number of guanidine groups is 1. The van der Waals surface area contributed by atoms with E-state index in [1.54, 1.807) is 4.90 Å². The molecule has 0 aromatic heterocycles. The molecule has 0 aromatic rings. The highest BCUT2D eigenvalue weighted by atomic mass is 16.2. The molecule has 1 heterocycles. The minimum Gasteiger partial charge on any atom is -0.370 e. The minimum absolute atomic E-state index is 0.0552. The molecule has 2 atom stereocenters. The lowest BCUT2D eigenvalue weighted by atomic mass is 10.2. The molecular weight excluding hydrogens is 266 g/mol. The smallest absolute Gasteiger partial charge is 0.239 e. The van der Waals surface area contributed by atoms with Crippen LogP contribution in [0, 0.1) is 0 Å². The number of carbonyl (C=O) groups is 1. The van der Waals surface area contributed by atoms with Crippen molar-refractivity contribution in [2.45, 2.75) is 51.6 Å². The molecule has 2 unspecified atom stereocenters. The summed E-state index contributed by atoms with van der Waals surface area (Å²) in [5, 5.41) is 3.15. The second-order valence-corrected chi connectivity index (χ2v) is 6.00. The molecule has 0 aliphatic carbocycles. The molecule has 122 valence electrons. The molecule has 1 rings (SSSR count). The van der Waals surface area contributed by atoms with Crippen molar-refractivity contribution in [1.29, 1.82) is 0 Å². The number of nitrogens with two attached hydrogens (primary N) is 1. The highest BCUT2D eigenvalue weighted by molar-refractivity contribution is 5.81. The van der Waals surface area contributed by atoms with Crippen molar-refractivity contribution in [2.75, 3.05) is 33.7 Å². The van der Waals surface area contributed by atoms with Crippen LogP contribution in [0.15, 0.2) is 4.99 Å². The first kappa shape index (κ1) is 17.8. The molecule has 6 heteroatoms. The summed E-state index contributed by atoms with van der Waals surface area (Å²) in [6, 6.07) is 0.411. The van der Waals surface area contributed by atoms with Gasteiger partial charge in [-0.1, -0.05) is 6.92 Å². The van der Waals surface area contributed by atoms with Crippen LogP contribution < -0.4 is 11.1 Å². The summed E-state index contributed by atoms with van der Waals surface area (Å²) < 4.78 is 0. The molecule has 6 nitrogen and oxygen atoms in total. The van der Waals surface area contributed by atoms with Crippen molar-refractivity contribution in [2.24, 2.45) is 10.7 Å². The quantitative estimate of drug-likeness (QED) is 0.411. The number of likely N-dealkylation sites (tertiary alicyclic amines) is 1. The molecule has 0 saturated carbocycles. The number of aliphatic imine (C=N–C) groups is 1. The third-order valence-corrected chi connectivity index (χ3v) is 3.98. The van der Waals surface area contributed by atoms with Gasteiger partial charge in [0.05, 0.1) is 6.04 Å². The van der Waals surface area contributed by atoms with Crippen LogP contribution >= 0.6 is 0 Å². The second-order valence-electron chi connectivity index (χ2n) is 6.00. The average molecular weight is 297 g/mol. The number of carbonyl (C=O) groups excluding carboxylic acids is 1. The second kappa shape index (κ2) is 8.87. The number of nitrogens with zero attached hydrogens (tertiary/aromatic N) is 3. The Morgan fingerprint density at radius 1 is 1.52 bits per heavy atom. The molecule has 0 radical (unpaired) electrons. The largest absolute Gasteiger partial charge is 0.370 e. The van der Waals surface area contributed by atoms with Crippen molar-refractivity contribution in [3.05, 3.63) is 0 Å². The molecule has 1 fully saturated rings. The molecule has 1 aliphatic rings. The Morgan fingerprint density at radius 2 is 2.24 bits per heavy atom. The minimum atomic E-state index is 0.0552. The zero-order chi connectivity index (χ0) is 15.8. The van der Waals surface area contributed by atoms with E-state index in [2.05, 4.69) is 29.1 Å². The highest BCUT2D eigenvalue weighted by Crippen LogP contribution is 2.18. The van der Waals surface area contributed by atoms with E-state index in [1.165, 1.54) is 0 Å². The summed E-state index contributed by atoms with van der Waals surface area (Å²) in [5.41, 5.74) is 5.82. The number of hydrogen-bond donors (Lipinski definition) is 2. The van der Waals surface area contributed by atoms with Crippen LogP contribution in [0.4, 0.5) is 0 Å². The zero-order valence-corrected chi connectivity index (χ0v) is 13.9. The van der Waals surface area contributed by atoms with E-state index in [9.17, 15) is 4.79 Å². The molecule has 0 spiro atoms. The maximum Gasteiger partial charge on any atom is 0.239 e. The number of amides is 1. The van der Waals surface area contributed by atoms with Gasteiger partial charge in [0.1, 0.15) is 0 Å². The first-order chi connectivity index (χ1) is 9.95. The van der Waals surface area contributed by atoms with Crippen molar-refractivity contribution < 1.29 is 4.79 Å². The maximum absolute atomic E-state index is 12.1.